The van der Waals surface area contributed by atoms with Crippen LogP contribution in [-0.4, -0.2) is 0 Å². The van der Waals surface area contributed by atoms with Crippen LogP contribution in [-0.2, 0) is 0 Å². The maximum absolute atomic E-state index is 8.39. The van der Waals surface area contributed by atoms with Crippen LogP contribution >= 0.6 is 0 Å². The molecule has 0 spiro atoms. The fourth-order valence-corrected chi connectivity index (χ4v) is 0.803. The van der Waals surface area contributed by atoms with E-state index in [9.17, 15) is 0 Å². The molecule has 0 rings (SSSR count). The molecule has 0 fully saturated rings. The summed E-state index contributed by atoms with van der Waals surface area (Å²) in [5.74, 6) is 0. The van der Waals surface area contributed by atoms with Gasteiger partial charge in [-0.15, -0.1) is 0 Å². The minimum atomic E-state index is 0.555. The van der Waals surface area contributed by atoms with E-state index in [0.717, 1.165) is 18.4 Å². The van der Waals surface area contributed by atoms with Gasteiger partial charge in [0.15, 0.2) is 0 Å². The molecule has 0 saturated carbocycles. The molecule has 0 unspecified atom stereocenters. The third-order valence-electron chi connectivity index (χ3n) is 1.85. The van der Waals surface area contributed by atoms with Crippen LogP contribution in [0.5, 0.6) is 0 Å². The first-order chi connectivity index (χ1) is 5.70. The lowest BCUT2D eigenvalue weighted by Crippen LogP contribution is -1.74. The van der Waals surface area contributed by atoms with Crippen LogP contribution < -0.4 is 0 Å². The van der Waals surface area contributed by atoms with Crippen molar-refractivity contribution < 1.29 is 0 Å². The monoisotopic (exact) mass is 163 g/mol. The highest BCUT2D eigenvalue weighted by molar-refractivity contribution is 5.09. The molecule has 0 radical (unpaired) electrons. The van der Waals surface area contributed by atoms with Gasteiger partial charge in [0, 0.05) is 0 Å². The van der Waals surface area contributed by atoms with Gasteiger partial charge in [0.2, 0.25) is 0 Å². The molecule has 0 saturated heterocycles. The quantitative estimate of drug-likeness (QED) is 0.581. The second kappa shape index (κ2) is 6.67. The van der Waals surface area contributed by atoms with Gasteiger partial charge in [-0.3, -0.25) is 0 Å². The highest BCUT2D eigenvalue weighted by Gasteiger charge is 1.86. The predicted octanol–water partition coefficient (Wildman–Crippen LogP) is 3.59. The van der Waals surface area contributed by atoms with E-state index in [2.05, 4.69) is 32.1 Å². The van der Waals surface area contributed by atoms with Crippen molar-refractivity contribution in [2.24, 2.45) is 0 Å². The molecule has 0 aromatic rings. The molecule has 0 aromatic heterocycles. The fourth-order valence-electron chi connectivity index (χ4n) is 0.803. The number of hydrogen-bond donors (Lipinski definition) is 0. The Bertz CT molecular complexity index is 216. The van der Waals surface area contributed by atoms with E-state index in [4.69, 9.17) is 5.26 Å². The van der Waals surface area contributed by atoms with Gasteiger partial charge in [0.25, 0.3) is 0 Å². The van der Waals surface area contributed by atoms with Crippen molar-refractivity contribution in [3.63, 3.8) is 0 Å². The van der Waals surface area contributed by atoms with Crippen LogP contribution in [0, 0.1) is 11.3 Å². The summed E-state index contributed by atoms with van der Waals surface area (Å²) in [7, 11) is 0. The number of allylic oxidation sites excluding steroid dienone is 4. The van der Waals surface area contributed by atoms with Gasteiger partial charge >= 0.3 is 0 Å². The summed E-state index contributed by atoms with van der Waals surface area (Å²) in [5, 5.41) is 8.39. The number of nitrogens with zero attached hydrogens (tertiary/aromatic N) is 1. The molecular weight excluding hydrogens is 146 g/mol. The summed E-state index contributed by atoms with van der Waals surface area (Å²) >= 11 is 0. The van der Waals surface area contributed by atoms with E-state index in [0.29, 0.717) is 6.42 Å². The van der Waals surface area contributed by atoms with E-state index in [-0.39, 0.29) is 0 Å². The van der Waals surface area contributed by atoms with E-state index in [1.54, 1.807) is 0 Å². The number of rotatable bonds is 4. The highest BCUT2D eigenvalue weighted by atomic mass is 14.2. The zero-order valence-electron chi connectivity index (χ0n) is 8.22. The van der Waals surface area contributed by atoms with Gasteiger partial charge < -0.3 is 0 Å². The second-order valence-corrected chi connectivity index (χ2v) is 3.03. The van der Waals surface area contributed by atoms with Crippen LogP contribution in [0.3, 0.4) is 0 Å². The maximum Gasteiger partial charge on any atom is 0.0666 e. The Morgan fingerprint density at radius 2 is 1.83 bits per heavy atom. The van der Waals surface area contributed by atoms with Crippen molar-refractivity contribution >= 4 is 0 Å². The Morgan fingerprint density at radius 3 is 2.33 bits per heavy atom. The van der Waals surface area contributed by atoms with Crippen molar-refractivity contribution in [2.75, 3.05) is 0 Å². The number of nitriles is 1. The zero-order valence-corrected chi connectivity index (χ0v) is 8.22. The summed E-state index contributed by atoms with van der Waals surface area (Å²) in [5.41, 5.74) is 2.58. The van der Waals surface area contributed by atoms with Crippen molar-refractivity contribution in [3.05, 3.63) is 23.3 Å². The van der Waals surface area contributed by atoms with Crippen LogP contribution in [0.1, 0.15) is 40.0 Å². The first-order valence-corrected chi connectivity index (χ1v) is 4.39. The molecule has 0 amide bonds. The molecule has 0 aliphatic rings. The van der Waals surface area contributed by atoms with Gasteiger partial charge in [0.1, 0.15) is 0 Å². The van der Waals surface area contributed by atoms with E-state index >= 15 is 0 Å². The summed E-state index contributed by atoms with van der Waals surface area (Å²) in [6.45, 7) is 6.28. The minimum absolute atomic E-state index is 0.555. The Labute approximate surface area is 75.4 Å². The lowest BCUT2D eigenvalue weighted by atomic mass is 10.1. The van der Waals surface area contributed by atoms with Crippen LogP contribution in [0.15, 0.2) is 23.3 Å². The second-order valence-electron chi connectivity index (χ2n) is 3.03. The first-order valence-electron chi connectivity index (χ1n) is 4.39. The molecule has 12 heavy (non-hydrogen) atoms. The molecule has 0 aliphatic carbocycles. The lowest BCUT2D eigenvalue weighted by molar-refractivity contribution is 1.07. The standard InChI is InChI=1S/C11H17N/c1-4-10(2)6-5-7-11(3)8-9-12/h6-7H,4-5,8H2,1-3H3/b10-6+,11-7-. The van der Waals surface area contributed by atoms with E-state index < -0.39 is 0 Å². The number of hydrogen-bond acceptors (Lipinski definition) is 1. The molecule has 0 aromatic carbocycles. The first kappa shape index (κ1) is 11.0. The van der Waals surface area contributed by atoms with Crippen molar-refractivity contribution in [1.82, 2.24) is 0 Å². The summed E-state index contributed by atoms with van der Waals surface area (Å²) < 4.78 is 0. The van der Waals surface area contributed by atoms with Crippen molar-refractivity contribution in [3.8, 4) is 6.07 Å². The Kier molecular flexibility index (Phi) is 6.09. The molecule has 0 atom stereocenters. The van der Waals surface area contributed by atoms with Gasteiger partial charge in [-0.25, -0.2) is 0 Å². The maximum atomic E-state index is 8.39. The topological polar surface area (TPSA) is 23.8 Å². The lowest BCUT2D eigenvalue weighted by Gasteiger charge is -1.93. The van der Waals surface area contributed by atoms with Gasteiger partial charge in [-0.2, -0.15) is 5.26 Å². The average molecular weight is 163 g/mol. The van der Waals surface area contributed by atoms with Crippen LogP contribution in [0.4, 0.5) is 0 Å². The highest BCUT2D eigenvalue weighted by Crippen LogP contribution is 2.04. The molecule has 0 N–H and O–H groups in total. The third kappa shape index (κ3) is 5.73. The SMILES string of the molecule is CC/C(C)=C/C/C=C(/C)CC#N. The molecule has 0 aliphatic heterocycles. The fraction of sp³-hybridized carbons (Fsp3) is 0.545. The molecule has 0 heterocycles. The molecule has 1 nitrogen and oxygen atoms in total. The van der Waals surface area contributed by atoms with Crippen LogP contribution in [0.25, 0.3) is 0 Å². The van der Waals surface area contributed by atoms with Crippen molar-refractivity contribution in [2.45, 2.75) is 40.0 Å². The van der Waals surface area contributed by atoms with E-state index in [1.165, 1.54) is 5.57 Å². The largest absolute Gasteiger partial charge is 0.198 e. The van der Waals surface area contributed by atoms with Gasteiger partial charge in [0.05, 0.1) is 12.5 Å². The molecule has 1 heteroatoms. The molecule has 66 valence electrons. The van der Waals surface area contributed by atoms with E-state index in [1.807, 2.05) is 6.92 Å². The Hall–Kier alpha value is -1.03. The molecular formula is C11H17N. The minimum Gasteiger partial charge on any atom is -0.198 e. The molecule has 0 bridgehead atoms. The summed E-state index contributed by atoms with van der Waals surface area (Å²) in [6, 6.07) is 2.13. The Balaban J connectivity index is 3.82. The average Bonchev–Trinajstić information content (AvgIpc) is 2.04. The predicted molar refractivity (Wildman–Crippen MR) is 52.7 cm³/mol. The normalized spacial score (nSPS) is 12.8. The van der Waals surface area contributed by atoms with Crippen molar-refractivity contribution in [1.29, 1.82) is 5.26 Å². The van der Waals surface area contributed by atoms with Crippen LogP contribution in [0.2, 0.25) is 0 Å². The summed E-state index contributed by atoms with van der Waals surface area (Å²) in [4.78, 5) is 0. The van der Waals surface area contributed by atoms with Gasteiger partial charge in [-0.1, -0.05) is 30.2 Å². The smallest absolute Gasteiger partial charge is 0.0666 e. The summed E-state index contributed by atoms with van der Waals surface area (Å²) in [6.07, 6.45) is 6.96. The Morgan fingerprint density at radius 1 is 1.25 bits per heavy atom. The third-order valence-corrected chi connectivity index (χ3v) is 1.85. The van der Waals surface area contributed by atoms with Gasteiger partial charge in [-0.05, 0) is 26.7 Å². The zero-order chi connectivity index (χ0) is 9.40.